The van der Waals surface area contributed by atoms with Gasteiger partial charge in [-0.2, -0.15) is 0 Å². The minimum atomic E-state index is -0.832. The van der Waals surface area contributed by atoms with Gasteiger partial charge in [-0.25, -0.2) is 4.79 Å². The van der Waals surface area contributed by atoms with Crippen LogP contribution in [0, 0.1) is 0 Å². The van der Waals surface area contributed by atoms with Crippen molar-refractivity contribution in [3.05, 3.63) is 0 Å². The predicted octanol–water partition coefficient (Wildman–Crippen LogP) is 1.84. The van der Waals surface area contributed by atoms with Gasteiger partial charge in [0.15, 0.2) is 0 Å². The first-order valence-electron chi connectivity index (χ1n) is 7.24. The van der Waals surface area contributed by atoms with Crippen LogP contribution in [0.1, 0.15) is 46.5 Å². The lowest BCUT2D eigenvalue weighted by Gasteiger charge is -2.29. The van der Waals surface area contributed by atoms with Gasteiger partial charge in [-0.05, 0) is 40.0 Å². The van der Waals surface area contributed by atoms with Gasteiger partial charge in [0, 0.05) is 32.2 Å². The lowest BCUT2D eigenvalue weighted by atomic mass is 10.0. The topological polar surface area (TPSA) is 78.9 Å². The molecule has 1 aliphatic heterocycles. The Bertz CT molecular complexity index is 338. The van der Waals surface area contributed by atoms with Crippen LogP contribution in [0.4, 0.5) is 4.79 Å². The molecular formula is C14H26N2O4. The number of carboxylic acid groups (broad SMARTS) is 1. The van der Waals surface area contributed by atoms with Gasteiger partial charge in [-0.3, -0.25) is 4.79 Å². The van der Waals surface area contributed by atoms with Crippen LogP contribution in [0.15, 0.2) is 0 Å². The Morgan fingerprint density at radius 3 is 2.65 bits per heavy atom. The maximum absolute atomic E-state index is 12.2. The molecule has 1 atom stereocenters. The normalized spacial score (nSPS) is 22.0. The van der Waals surface area contributed by atoms with E-state index in [4.69, 9.17) is 9.84 Å². The van der Waals surface area contributed by atoms with E-state index in [0.717, 1.165) is 19.4 Å². The highest BCUT2D eigenvalue weighted by Crippen LogP contribution is 2.23. The first-order chi connectivity index (χ1) is 9.34. The van der Waals surface area contributed by atoms with E-state index in [1.54, 1.807) is 4.90 Å². The maximum atomic E-state index is 12.2. The standard InChI is InChI=1S/C14H26N2O4/c1-11(2)16(8-4-6-12(17)18)13(19)15-10-14(3)7-5-9-20-14/h11H,4-10H2,1-3H3,(H,15,19)(H,17,18). The van der Waals surface area contributed by atoms with Crippen LogP contribution in [0.25, 0.3) is 0 Å². The molecule has 20 heavy (non-hydrogen) atoms. The summed E-state index contributed by atoms with van der Waals surface area (Å²) in [6.45, 7) is 7.55. The van der Waals surface area contributed by atoms with Gasteiger partial charge in [0.05, 0.1) is 5.60 Å². The number of rotatable bonds is 7. The van der Waals surface area contributed by atoms with Crippen LogP contribution in [0.2, 0.25) is 0 Å². The number of aliphatic carboxylic acids is 1. The van der Waals surface area contributed by atoms with E-state index in [-0.39, 0.29) is 24.1 Å². The highest BCUT2D eigenvalue weighted by atomic mass is 16.5. The summed E-state index contributed by atoms with van der Waals surface area (Å²) in [6.07, 6.45) is 2.53. The highest BCUT2D eigenvalue weighted by Gasteiger charge is 2.30. The fourth-order valence-corrected chi connectivity index (χ4v) is 2.34. The average Bonchev–Trinajstić information content (AvgIpc) is 2.78. The number of amides is 2. The van der Waals surface area contributed by atoms with Crippen molar-refractivity contribution in [2.45, 2.75) is 58.1 Å². The highest BCUT2D eigenvalue weighted by molar-refractivity contribution is 5.74. The number of hydrogen-bond acceptors (Lipinski definition) is 3. The minimum absolute atomic E-state index is 0.0427. The van der Waals surface area contributed by atoms with E-state index < -0.39 is 5.97 Å². The second-order valence-electron chi connectivity index (χ2n) is 5.85. The number of carbonyl (C=O) groups is 2. The Morgan fingerprint density at radius 1 is 1.45 bits per heavy atom. The van der Waals surface area contributed by atoms with Crippen LogP contribution in [-0.2, 0) is 9.53 Å². The molecule has 6 nitrogen and oxygen atoms in total. The molecule has 1 saturated heterocycles. The summed E-state index contributed by atoms with van der Waals surface area (Å²) in [4.78, 5) is 24.4. The van der Waals surface area contributed by atoms with Crippen molar-refractivity contribution >= 4 is 12.0 Å². The molecule has 0 aromatic carbocycles. The first-order valence-corrected chi connectivity index (χ1v) is 7.24. The molecule has 6 heteroatoms. The third-order valence-corrected chi connectivity index (χ3v) is 3.59. The van der Waals surface area contributed by atoms with Crippen LogP contribution in [-0.4, -0.2) is 53.3 Å². The number of nitrogens with zero attached hydrogens (tertiary/aromatic N) is 1. The summed E-state index contributed by atoms with van der Waals surface area (Å²) < 4.78 is 5.63. The van der Waals surface area contributed by atoms with E-state index in [2.05, 4.69) is 5.32 Å². The number of urea groups is 1. The molecule has 1 rings (SSSR count). The molecule has 0 radical (unpaired) electrons. The number of nitrogens with one attached hydrogen (secondary N) is 1. The summed E-state index contributed by atoms with van der Waals surface area (Å²) in [6, 6.07) is -0.108. The lowest BCUT2D eigenvalue weighted by Crippen LogP contribution is -2.49. The number of carbonyl (C=O) groups excluding carboxylic acids is 1. The summed E-state index contributed by atoms with van der Waals surface area (Å²) in [5.74, 6) is -0.832. The quantitative estimate of drug-likeness (QED) is 0.748. The summed E-state index contributed by atoms with van der Waals surface area (Å²) in [5, 5.41) is 11.5. The molecule has 0 aliphatic carbocycles. The fraction of sp³-hybridized carbons (Fsp3) is 0.857. The van der Waals surface area contributed by atoms with Crippen molar-refractivity contribution in [1.29, 1.82) is 0 Å². The molecule has 116 valence electrons. The Morgan fingerprint density at radius 2 is 2.15 bits per heavy atom. The van der Waals surface area contributed by atoms with Gasteiger partial charge >= 0.3 is 12.0 Å². The van der Waals surface area contributed by atoms with Crippen molar-refractivity contribution in [2.24, 2.45) is 0 Å². The van der Waals surface area contributed by atoms with Crippen molar-refractivity contribution in [1.82, 2.24) is 10.2 Å². The third kappa shape index (κ3) is 5.36. The molecule has 0 bridgehead atoms. The minimum Gasteiger partial charge on any atom is -0.481 e. The Balaban J connectivity index is 2.41. The second kappa shape index (κ2) is 7.47. The molecular weight excluding hydrogens is 260 g/mol. The predicted molar refractivity (Wildman–Crippen MR) is 75.7 cm³/mol. The monoisotopic (exact) mass is 286 g/mol. The van der Waals surface area contributed by atoms with E-state index in [9.17, 15) is 9.59 Å². The van der Waals surface area contributed by atoms with Gasteiger partial charge in [0.1, 0.15) is 0 Å². The van der Waals surface area contributed by atoms with Gasteiger partial charge < -0.3 is 20.1 Å². The molecule has 1 heterocycles. The van der Waals surface area contributed by atoms with Gasteiger partial charge in [0.25, 0.3) is 0 Å². The Hall–Kier alpha value is -1.30. The molecule has 0 saturated carbocycles. The van der Waals surface area contributed by atoms with Crippen molar-refractivity contribution in [2.75, 3.05) is 19.7 Å². The molecule has 1 aliphatic rings. The van der Waals surface area contributed by atoms with Gasteiger partial charge in [-0.1, -0.05) is 0 Å². The van der Waals surface area contributed by atoms with Crippen LogP contribution in [0.5, 0.6) is 0 Å². The lowest BCUT2D eigenvalue weighted by molar-refractivity contribution is -0.137. The third-order valence-electron chi connectivity index (χ3n) is 3.59. The molecule has 0 aromatic rings. The van der Waals surface area contributed by atoms with Crippen molar-refractivity contribution in [3.8, 4) is 0 Å². The molecule has 2 amide bonds. The number of hydrogen-bond donors (Lipinski definition) is 2. The van der Waals surface area contributed by atoms with E-state index in [1.807, 2.05) is 20.8 Å². The summed E-state index contributed by atoms with van der Waals surface area (Å²) >= 11 is 0. The maximum Gasteiger partial charge on any atom is 0.317 e. The second-order valence-corrected chi connectivity index (χ2v) is 5.85. The van der Waals surface area contributed by atoms with Gasteiger partial charge in [0.2, 0.25) is 0 Å². The van der Waals surface area contributed by atoms with Crippen LogP contribution >= 0.6 is 0 Å². The molecule has 2 N–H and O–H groups in total. The van der Waals surface area contributed by atoms with Crippen molar-refractivity contribution in [3.63, 3.8) is 0 Å². The zero-order valence-corrected chi connectivity index (χ0v) is 12.6. The molecule has 1 fully saturated rings. The van der Waals surface area contributed by atoms with E-state index in [1.165, 1.54) is 0 Å². The summed E-state index contributed by atoms with van der Waals surface area (Å²) in [7, 11) is 0. The van der Waals surface area contributed by atoms with Crippen LogP contribution < -0.4 is 5.32 Å². The fourth-order valence-electron chi connectivity index (χ4n) is 2.34. The molecule has 1 unspecified atom stereocenters. The van der Waals surface area contributed by atoms with Crippen LogP contribution in [0.3, 0.4) is 0 Å². The summed E-state index contributed by atoms with van der Waals surface area (Å²) in [5.41, 5.74) is -0.265. The first kappa shape index (κ1) is 16.8. The van der Waals surface area contributed by atoms with E-state index in [0.29, 0.717) is 19.5 Å². The SMILES string of the molecule is CC(C)N(CCCC(=O)O)C(=O)NCC1(C)CCCO1. The smallest absolute Gasteiger partial charge is 0.317 e. The average molecular weight is 286 g/mol. The number of ether oxygens (including phenoxy) is 1. The zero-order valence-electron chi connectivity index (χ0n) is 12.6. The van der Waals surface area contributed by atoms with Gasteiger partial charge in [-0.15, -0.1) is 0 Å². The Labute approximate surface area is 120 Å². The Kier molecular flexibility index (Phi) is 6.26. The van der Waals surface area contributed by atoms with Crippen molar-refractivity contribution < 1.29 is 19.4 Å². The molecule has 0 spiro atoms. The zero-order chi connectivity index (χ0) is 15.2. The molecule has 0 aromatic heterocycles. The largest absolute Gasteiger partial charge is 0.481 e. The number of carboxylic acids is 1. The van der Waals surface area contributed by atoms with E-state index >= 15 is 0 Å².